The van der Waals surface area contributed by atoms with E-state index in [0.717, 1.165) is 0 Å². The van der Waals surface area contributed by atoms with Gasteiger partial charge in [-0.2, -0.15) is 5.10 Å². The molecule has 1 N–H and O–H groups in total. The van der Waals surface area contributed by atoms with Crippen LogP contribution in [0.5, 0.6) is 0 Å². The molecule has 1 saturated carbocycles. The number of aromatic nitrogens is 2. The lowest BCUT2D eigenvalue weighted by Gasteiger charge is -2.54. The molecule has 2 aliphatic rings. The number of esters is 1. The number of ether oxygens (including phenoxy) is 1. The lowest BCUT2D eigenvalue weighted by molar-refractivity contribution is -0.174. The Kier molecular flexibility index (Phi) is 3.12. The number of aromatic amines is 1. The van der Waals surface area contributed by atoms with Crippen LogP contribution in [0, 0.1) is 16.7 Å². The van der Waals surface area contributed by atoms with Crippen LogP contribution in [0.3, 0.4) is 0 Å². The molecule has 0 bridgehead atoms. The molecule has 7 heteroatoms. The van der Waals surface area contributed by atoms with E-state index >= 15 is 0 Å². The van der Waals surface area contributed by atoms with Crippen LogP contribution in [-0.2, 0) is 9.53 Å². The van der Waals surface area contributed by atoms with Gasteiger partial charge in [0, 0.05) is 19.2 Å². The third-order valence-electron chi connectivity index (χ3n) is 5.05. The smallest absolute Gasteiger partial charge is 0.314 e. The van der Waals surface area contributed by atoms with Crippen molar-refractivity contribution in [3.8, 4) is 0 Å². The molecule has 2 fully saturated rings. The summed E-state index contributed by atoms with van der Waals surface area (Å²) in [5, 5.41) is 5.90. The molecule has 2 atom stereocenters. The number of hydrogen-bond donors (Lipinski definition) is 1. The Bertz CT molecular complexity index is 696. The first-order chi connectivity index (χ1) is 10.3. The average Bonchev–Trinajstić information content (AvgIpc) is 2.81. The molecule has 1 aromatic heterocycles. The third-order valence-corrected chi connectivity index (χ3v) is 5.05. The van der Waals surface area contributed by atoms with Gasteiger partial charge in [0.05, 0.1) is 24.3 Å². The Morgan fingerprint density at radius 3 is 2.77 bits per heavy atom. The molecule has 118 valence electrons. The van der Waals surface area contributed by atoms with E-state index in [4.69, 9.17) is 4.74 Å². The molecule has 0 aromatic carbocycles. The van der Waals surface area contributed by atoms with Crippen LogP contribution >= 0.6 is 0 Å². The second-order valence-electron chi connectivity index (χ2n) is 6.89. The summed E-state index contributed by atoms with van der Waals surface area (Å²) in [6.07, 6.45) is 2.04. The highest BCUT2D eigenvalue weighted by Gasteiger charge is 2.68. The Labute approximate surface area is 127 Å². The molecule has 1 aliphatic carbocycles. The summed E-state index contributed by atoms with van der Waals surface area (Å²) in [5.41, 5.74) is -0.795. The third kappa shape index (κ3) is 1.95. The van der Waals surface area contributed by atoms with Crippen LogP contribution in [0.15, 0.2) is 17.1 Å². The molecular formula is C15H19N3O4. The number of nitrogens with one attached hydrogen (secondary N) is 1. The first-order valence-corrected chi connectivity index (χ1v) is 7.22. The Morgan fingerprint density at radius 1 is 1.45 bits per heavy atom. The monoisotopic (exact) mass is 305 g/mol. The quantitative estimate of drug-likeness (QED) is 0.800. The van der Waals surface area contributed by atoms with Gasteiger partial charge in [-0.1, -0.05) is 13.8 Å². The van der Waals surface area contributed by atoms with Crippen molar-refractivity contribution >= 4 is 11.9 Å². The Morgan fingerprint density at radius 2 is 2.18 bits per heavy atom. The molecular weight excluding hydrogens is 286 g/mol. The number of fused-ring (bicyclic) bond motifs is 1. The predicted molar refractivity (Wildman–Crippen MR) is 77.1 cm³/mol. The van der Waals surface area contributed by atoms with Crippen molar-refractivity contribution in [3.05, 3.63) is 28.2 Å². The van der Waals surface area contributed by atoms with Gasteiger partial charge in [0.1, 0.15) is 0 Å². The number of amides is 1. The topological polar surface area (TPSA) is 92.4 Å². The standard InChI is InChI=1S/C15H19N3O4/c1-14(2)7-15(13(21)22-3)8-18(6-10(14)15)12(20)9-4-11(19)17-16-5-9/h4-5,10H,6-8H2,1-3H3,(H,17,19)/t10-,15+/m1/s1. The van der Waals surface area contributed by atoms with E-state index in [1.165, 1.54) is 19.4 Å². The molecule has 2 heterocycles. The minimum atomic E-state index is -0.609. The molecule has 0 radical (unpaired) electrons. The zero-order valence-corrected chi connectivity index (χ0v) is 12.9. The molecule has 3 rings (SSSR count). The van der Waals surface area contributed by atoms with Crippen molar-refractivity contribution in [2.75, 3.05) is 20.2 Å². The van der Waals surface area contributed by atoms with Gasteiger partial charge in [-0.25, -0.2) is 5.10 Å². The van der Waals surface area contributed by atoms with Gasteiger partial charge in [-0.3, -0.25) is 14.4 Å². The Hall–Kier alpha value is -2.18. The molecule has 0 spiro atoms. The van der Waals surface area contributed by atoms with Gasteiger partial charge in [-0.05, 0) is 17.8 Å². The summed E-state index contributed by atoms with van der Waals surface area (Å²) in [4.78, 5) is 37.7. The number of carbonyl (C=O) groups excluding carboxylic acids is 2. The first-order valence-electron chi connectivity index (χ1n) is 7.22. The van der Waals surface area contributed by atoms with Gasteiger partial charge in [0.15, 0.2) is 0 Å². The minimum Gasteiger partial charge on any atom is -0.469 e. The molecule has 1 amide bonds. The summed E-state index contributed by atoms with van der Waals surface area (Å²) in [5.74, 6) is -0.449. The normalized spacial score (nSPS) is 28.7. The molecule has 1 saturated heterocycles. The fraction of sp³-hybridized carbons (Fsp3) is 0.600. The summed E-state index contributed by atoms with van der Waals surface area (Å²) >= 11 is 0. The molecule has 7 nitrogen and oxygen atoms in total. The zero-order valence-electron chi connectivity index (χ0n) is 12.9. The van der Waals surface area contributed by atoms with Crippen LogP contribution in [0.2, 0.25) is 0 Å². The number of likely N-dealkylation sites (tertiary alicyclic amines) is 1. The summed E-state index contributed by atoms with van der Waals surface area (Å²) in [7, 11) is 1.38. The van der Waals surface area contributed by atoms with Crippen molar-refractivity contribution in [3.63, 3.8) is 0 Å². The maximum absolute atomic E-state index is 12.6. The van der Waals surface area contributed by atoms with Crippen molar-refractivity contribution in [2.24, 2.45) is 16.7 Å². The van der Waals surface area contributed by atoms with E-state index < -0.39 is 11.0 Å². The number of carbonyl (C=O) groups is 2. The fourth-order valence-electron chi connectivity index (χ4n) is 4.20. The number of nitrogens with zero attached hydrogens (tertiary/aromatic N) is 2. The second kappa shape index (κ2) is 4.66. The van der Waals surface area contributed by atoms with Crippen molar-refractivity contribution in [1.29, 1.82) is 0 Å². The van der Waals surface area contributed by atoms with Crippen LogP contribution in [-0.4, -0.2) is 47.2 Å². The number of H-pyrrole nitrogens is 1. The summed E-state index contributed by atoms with van der Waals surface area (Å²) in [6.45, 7) is 5.02. The van der Waals surface area contributed by atoms with Gasteiger partial charge < -0.3 is 9.64 Å². The number of hydrogen-bond acceptors (Lipinski definition) is 5. The van der Waals surface area contributed by atoms with Crippen LogP contribution < -0.4 is 5.56 Å². The highest BCUT2D eigenvalue weighted by molar-refractivity contribution is 5.95. The summed E-state index contributed by atoms with van der Waals surface area (Å²) < 4.78 is 4.96. The van der Waals surface area contributed by atoms with E-state index in [-0.39, 0.29) is 28.8 Å². The van der Waals surface area contributed by atoms with E-state index in [0.29, 0.717) is 19.5 Å². The maximum atomic E-state index is 12.6. The Balaban J connectivity index is 1.88. The van der Waals surface area contributed by atoms with Gasteiger partial charge >= 0.3 is 5.97 Å². The largest absolute Gasteiger partial charge is 0.469 e. The van der Waals surface area contributed by atoms with Gasteiger partial charge in [0.2, 0.25) is 0 Å². The first kappa shape index (κ1) is 14.7. The van der Waals surface area contributed by atoms with E-state index in [1.807, 2.05) is 0 Å². The van der Waals surface area contributed by atoms with Crippen LogP contribution in [0.1, 0.15) is 30.6 Å². The summed E-state index contributed by atoms with van der Waals surface area (Å²) in [6, 6.07) is 1.23. The van der Waals surface area contributed by atoms with E-state index in [2.05, 4.69) is 24.0 Å². The lowest BCUT2D eigenvalue weighted by Crippen LogP contribution is -2.57. The van der Waals surface area contributed by atoms with E-state index in [1.54, 1.807) is 4.90 Å². The lowest BCUT2D eigenvalue weighted by atomic mass is 9.48. The van der Waals surface area contributed by atoms with E-state index in [9.17, 15) is 14.4 Å². The highest BCUT2D eigenvalue weighted by Crippen LogP contribution is 2.63. The predicted octanol–water partition coefficient (Wildman–Crippen LogP) is 0.431. The number of methoxy groups -OCH3 is 1. The fourth-order valence-corrected chi connectivity index (χ4v) is 4.20. The molecule has 0 unspecified atom stereocenters. The molecule has 1 aliphatic heterocycles. The van der Waals surface area contributed by atoms with Gasteiger partial charge in [-0.15, -0.1) is 0 Å². The second-order valence-corrected chi connectivity index (χ2v) is 6.89. The van der Waals surface area contributed by atoms with Gasteiger partial charge in [0.25, 0.3) is 11.5 Å². The van der Waals surface area contributed by atoms with Crippen LogP contribution in [0.25, 0.3) is 0 Å². The molecule has 22 heavy (non-hydrogen) atoms. The SMILES string of the molecule is COC(=O)[C@@]12CN(C(=O)c3cn[nH]c(=O)c3)C[C@@H]1C(C)(C)C2. The average molecular weight is 305 g/mol. The van der Waals surface area contributed by atoms with Crippen molar-refractivity contribution in [2.45, 2.75) is 20.3 Å². The number of rotatable bonds is 2. The van der Waals surface area contributed by atoms with Crippen molar-refractivity contribution in [1.82, 2.24) is 15.1 Å². The molecule has 1 aromatic rings. The maximum Gasteiger partial charge on any atom is 0.314 e. The minimum absolute atomic E-state index is 0.00434. The van der Waals surface area contributed by atoms with Crippen LogP contribution in [0.4, 0.5) is 0 Å². The van der Waals surface area contributed by atoms with Crippen molar-refractivity contribution < 1.29 is 14.3 Å². The highest BCUT2D eigenvalue weighted by atomic mass is 16.5. The zero-order chi connectivity index (χ0) is 16.1.